The molecule has 1 aliphatic rings. The molecule has 2 N–H and O–H groups in total. The van der Waals surface area contributed by atoms with Gasteiger partial charge in [0.1, 0.15) is 5.54 Å². The number of carboxylic acid groups (broad SMARTS) is 1. The first-order valence-corrected chi connectivity index (χ1v) is 9.35. The smallest absolute Gasteiger partial charge is 0.329 e. The number of aliphatic carboxylic acids is 1. The third-order valence-electron chi connectivity index (χ3n) is 5.10. The quantitative estimate of drug-likeness (QED) is 0.709. The highest BCUT2D eigenvalue weighted by Crippen LogP contribution is 2.34. The number of aromatic nitrogens is 2. The van der Waals surface area contributed by atoms with Crippen LogP contribution in [0.15, 0.2) is 4.52 Å². The number of amides is 1. The van der Waals surface area contributed by atoms with Crippen LogP contribution in [-0.2, 0) is 22.4 Å². The number of nitrogens with one attached hydrogen (secondary N) is 1. The van der Waals surface area contributed by atoms with E-state index in [-0.39, 0.29) is 12.3 Å². The minimum Gasteiger partial charge on any atom is -0.480 e. The Kier molecular flexibility index (Phi) is 6.96. The summed E-state index contributed by atoms with van der Waals surface area (Å²) in [5.41, 5.74) is -1.10. The topological polar surface area (TPSA) is 105 Å². The van der Waals surface area contributed by atoms with E-state index in [4.69, 9.17) is 4.52 Å². The van der Waals surface area contributed by atoms with Crippen LogP contribution in [0, 0.1) is 5.92 Å². The molecule has 0 radical (unpaired) electrons. The van der Waals surface area contributed by atoms with Crippen LogP contribution in [0.5, 0.6) is 0 Å². The molecule has 1 aliphatic carbocycles. The molecule has 0 aliphatic heterocycles. The average Bonchev–Trinajstić information content (AvgIpc) is 3.03. The molecular weight excluding hydrogens is 322 g/mol. The normalized spacial score (nSPS) is 23.4. The second-order valence-corrected chi connectivity index (χ2v) is 6.99. The minimum atomic E-state index is -1.10. The Hall–Kier alpha value is -1.92. The van der Waals surface area contributed by atoms with Crippen molar-refractivity contribution in [1.82, 2.24) is 15.5 Å². The molecule has 1 aromatic rings. The Morgan fingerprint density at radius 3 is 2.60 bits per heavy atom. The van der Waals surface area contributed by atoms with Gasteiger partial charge in [0.05, 0.1) is 0 Å². The Morgan fingerprint density at radius 1 is 1.28 bits per heavy atom. The maximum Gasteiger partial charge on any atom is 0.329 e. The van der Waals surface area contributed by atoms with Crippen molar-refractivity contribution < 1.29 is 19.2 Å². The molecule has 0 bridgehead atoms. The number of carbonyl (C=O) groups is 2. The highest BCUT2D eigenvalue weighted by atomic mass is 16.5. The second kappa shape index (κ2) is 8.97. The van der Waals surface area contributed by atoms with Gasteiger partial charge in [-0.1, -0.05) is 25.4 Å². The summed E-state index contributed by atoms with van der Waals surface area (Å²) in [4.78, 5) is 28.2. The molecule has 7 nitrogen and oxygen atoms in total. The third kappa shape index (κ3) is 5.28. The van der Waals surface area contributed by atoms with Crippen molar-refractivity contribution in [1.29, 1.82) is 0 Å². The zero-order valence-corrected chi connectivity index (χ0v) is 15.2. The van der Waals surface area contributed by atoms with E-state index in [1.165, 1.54) is 0 Å². The SMILES string of the molecule is CCCc1noc(CCCC(=O)NC2(C(=O)O)CCC(CC)CC2)n1. The summed E-state index contributed by atoms with van der Waals surface area (Å²) in [5, 5.41) is 16.3. The van der Waals surface area contributed by atoms with Crippen molar-refractivity contribution in [3.8, 4) is 0 Å². The van der Waals surface area contributed by atoms with Crippen molar-refractivity contribution >= 4 is 11.9 Å². The first kappa shape index (κ1) is 19.4. The van der Waals surface area contributed by atoms with Crippen LogP contribution in [0.4, 0.5) is 0 Å². The van der Waals surface area contributed by atoms with Gasteiger partial charge in [0.15, 0.2) is 5.82 Å². The van der Waals surface area contributed by atoms with Crippen molar-refractivity contribution in [2.75, 3.05) is 0 Å². The number of aryl methyl sites for hydroxylation is 2. The molecular formula is C18H29N3O4. The summed E-state index contributed by atoms with van der Waals surface area (Å²) in [5.74, 6) is 0.661. The van der Waals surface area contributed by atoms with Crippen LogP contribution in [-0.4, -0.2) is 32.7 Å². The zero-order valence-electron chi connectivity index (χ0n) is 15.2. The molecule has 1 heterocycles. The maximum atomic E-state index is 12.2. The van der Waals surface area contributed by atoms with E-state index < -0.39 is 11.5 Å². The number of hydrogen-bond donors (Lipinski definition) is 2. The van der Waals surface area contributed by atoms with E-state index in [2.05, 4.69) is 22.4 Å². The fraction of sp³-hybridized carbons (Fsp3) is 0.778. The molecule has 25 heavy (non-hydrogen) atoms. The molecule has 1 amide bonds. The summed E-state index contributed by atoms with van der Waals surface area (Å²) in [7, 11) is 0. The van der Waals surface area contributed by atoms with Gasteiger partial charge in [-0.15, -0.1) is 0 Å². The van der Waals surface area contributed by atoms with Gasteiger partial charge in [0.2, 0.25) is 11.8 Å². The predicted octanol–water partition coefficient (Wildman–Crippen LogP) is 2.88. The lowest BCUT2D eigenvalue weighted by atomic mass is 9.75. The van der Waals surface area contributed by atoms with Gasteiger partial charge in [-0.05, 0) is 44.4 Å². The summed E-state index contributed by atoms with van der Waals surface area (Å²) in [6.07, 6.45) is 6.88. The molecule has 7 heteroatoms. The lowest BCUT2D eigenvalue weighted by Crippen LogP contribution is -2.56. The highest BCUT2D eigenvalue weighted by Gasteiger charge is 2.42. The van der Waals surface area contributed by atoms with E-state index in [0.717, 1.165) is 32.1 Å². The molecule has 0 unspecified atom stereocenters. The lowest BCUT2D eigenvalue weighted by molar-refractivity contribution is -0.149. The average molecular weight is 351 g/mol. The van der Waals surface area contributed by atoms with Crippen LogP contribution in [0.25, 0.3) is 0 Å². The third-order valence-corrected chi connectivity index (χ3v) is 5.10. The van der Waals surface area contributed by atoms with Crippen molar-refractivity contribution in [2.24, 2.45) is 5.92 Å². The Labute approximate surface area is 148 Å². The Balaban J connectivity index is 1.80. The minimum absolute atomic E-state index is 0.217. The van der Waals surface area contributed by atoms with E-state index in [0.29, 0.717) is 43.3 Å². The molecule has 140 valence electrons. The molecule has 0 saturated heterocycles. The second-order valence-electron chi connectivity index (χ2n) is 6.99. The van der Waals surface area contributed by atoms with Crippen LogP contribution in [0.1, 0.15) is 76.9 Å². The van der Waals surface area contributed by atoms with Gasteiger partial charge >= 0.3 is 5.97 Å². The largest absolute Gasteiger partial charge is 0.480 e. The lowest BCUT2D eigenvalue weighted by Gasteiger charge is -2.37. The van der Waals surface area contributed by atoms with E-state index in [9.17, 15) is 14.7 Å². The van der Waals surface area contributed by atoms with Crippen LogP contribution >= 0.6 is 0 Å². The predicted molar refractivity (Wildman–Crippen MR) is 92.0 cm³/mol. The number of hydrogen-bond acceptors (Lipinski definition) is 5. The van der Waals surface area contributed by atoms with Crippen LogP contribution in [0.3, 0.4) is 0 Å². The fourth-order valence-electron chi connectivity index (χ4n) is 3.42. The maximum absolute atomic E-state index is 12.2. The first-order valence-electron chi connectivity index (χ1n) is 9.35. The molecule has 0 aromatic carbocycles. The summed E-state index contributed by atoms with van der Waals surface area (Å²) in [6, 6.07) is 0. The fourth-order valence-corrected chi connectivity index (χ4v) is 3.42. The van der Waals surface area contributed by atoms with Gasteiger partial charge in [-0.2, -0.15) is 4.98 Å². The van der Waals surface area contributed by atoms with Crippen LogP contribution in [0.2, 0.25) is 0 Å². The molecule has 0 spiro atoms. The van der Waals surface area contributed by atoms with Gasteiger partial charge in [-0.25, -0.2) is 4.79 Å². The molecule has 2 rings (SSSR count). The van der Waals surface area contributed by atoms with Gasteiger partial charge in [-0.3, -0.25) is 4.79 Å². The first-order chi connectivity index (χ1) is 12.0. The molecule has 1 aromatic heterocycles. The van der Waals surface area contributed by atoms with Crippen LogP contribution < -0.4 is 5.32 Å². The molecule has 1 fully saturated rings. The van der Waals surface area contributed by atoms with E-state index in [1.807, 2.05) is 6.92 Å². The van der Waals surface area contributed by atoms with Crippen molar-refractivity contribution in [3.05, 3.63) is 11.7 Å². The van der Waals surface area contributed by atoms with Gasteiger partial charge < -0.3 is 14.9 Å². The monoisotopic (exact) mass is 351 g/mol. The number of nitrogens with zero attached hydrogens (tertiary/aromatic N) is 2. The van der Waals surface area contributed by atoms with Crippen molar-refractivity contribution in [2.45, 2.75) is 83.6 Å². The van der Waals surface area contributed by atoms with Gasteiger partial charge in [0, 0.05) is 19.3 Å². The standard InChI is InChI=1S/C18H29N3O4/c1-3-6-14-19-16(25-21-14)8-5-7-15(22)20-18(17(23)24)11-9-13(4-2)10-12-18/h13H,3-12H2,1-2H3,(H,20,22)(H,23,24). The molecule has 0 atom stereocenters. The Morgan fingerprint density at radius 2 is 2.00 bits per heavy atom. The highest BCUT2D eigenvalue weighted by molar-refractivity contribution is 5.87. The van der Waals surface area contributed by atoms with Gasteiger partial charge in [0.25, 0.3) is 0 Å². The number of carbonyl (C=O) groups excluding carboxylic acids is 1. The molecule has 1 saturated carbocycles. The van der Waals surface area contributed by atoms with E-state index >= 15 is 0 Å². The van der Waals surface area contributed by atoms with Crippen molar-refractivity contribution in [3.63, 3.8) is 0 Å². The summed E-state index contributed by atoms with van der Waals surface area (Å²) >= 11 is 0. The van der Waals surface area contributed by atoms with E-state index in [1.54, 1.807) is 0 Å². The zero-order chi connectivity index (χ0) is 18.3. The summed E-state index contributed by atoms with van der Waals surface area (Å²) in [6.45, 7) is 4.17. The number of rotatable bonds is 9. The Bertz CT molecular complexity index is 577. The number of carboxylic acids is 1. The summed E-state index contributed by atoms with van der Waals surface area (Å²) < 4.78 is 5.14.